The van der Waals surface area contributed by atoms with Crippen LogP contribution in [0.1, 0.15) is 18.1 Å². The molecule has 0 unspecified atom stereocenters. The highest BCUT2D eigenvalue weighted by Crippen LogP contribution is 2.24. The van der Waals surface area contributed by atoms with Crippen molar-refractivity contribution in [3.8, 4) is 11.5 Å². The maximum Gasteiger partial charge on any atom is 0.233 e. The summed E-state index contributed by atoms with van der Waals surface area (Å²) in [6, 6.07) is 16.6. The van der Waals surface area contributed by atoms with Crippen molar-refractivity contribution in [3.63, 3.8) is 0 Å². The highest BCUT2D eigenvalue weighted by Gasteiger charge is 2.12. The van der Waals surface area contributed by atoms with E-state index in [1.165, 1.54) is 17.7 Å². The Labute approximate surface area is 161 Å². The molecule has 0 saturated heterocycles. The lowest BCUT2D eigenvalue weighted by atomic mass is 10.1. The molecule has 0 aliphatic heterocycles. The van der Waals surface area contributed by atoms with Gasteiger partial charge in [-0.3, -0.25) is 0 Å². The lowest BCUT2D eigenvalue weighted by Gasteiger charge is -1.99. The number of aryl methyl sites for hydroxylation is 1. The summed E-state index contributed by atoms with van der Waals surface area (Å²) in [5.41, 5.74) is 4.86. The average molecular weight is 413 g/mol. The van der Waals surface area contributed by atoms with E-state index in [1.54, 1.807) is 12.1 Å². The molecule has 0 aliphatic carbocycles. The van der Waals surface area contributed by atoms with E-state index in [1.807, 2.05) is 35.2 Å². The molecule has 2 aromatic heterocycles. The first kappa shape index (κ1) is 18.3. The predicted octanol–water partition coefficient (Wildman–Crippen LogP) is 1.54. The van der Waals surface area contributed by atoms with E-state index in [0.717, 1.165) is 28.6 Å². The van der Waals surface area contributed by atoms with E-state index in [9.17, 15) is 4.39 Å². The molecular formula is C21H18BrFN2O. The lowest BCUT2D eigenvalue weighted by molar-refractivity contribution is -0.687. The van der Waals surface area contributed by atoms with Crippen molar-refractivity contribution in [3.05, 3.63) is 83.9 Å². The van der Waals surface area contributed by atoms with Crippen LogP contribution in [0.4, 0.5) is 4.39 Å². The summed E-state index contributed by atoms with van der Waals surface area (Å²) >= 11 is 0. The first-order valence-corrected chi connectivity index (χ1v) is 8.34. The van der Waals surface area contributed by atoms with Gasteiger partial charge < -0.3 is 21.4 Å². The largest absolute Gasteiger partial charge is 1.00 e. The molecule has 4 aromatic rings. The molecule has 5 heteroatoms. The topological polar surface area (TPSA) is 29.9 Å². The Kier molecular flexibility index (Phi) is 5.47. The number of nitrogens with zero attached hydrogens (tertiary/aromatic N) is 2. The number of hydrogen-bond donors (Lipinski definition) is 0. The van der Waals surface area contributed by atoms with Gasteiger partial charge in [-0.2, -0.15) is 4.57 Å². The first-order chi connectivity index (χ1) is 12.2. The molecular weight excluding hydrogens is 395 g/mol. The highest BCUT2D eigenvalue weighted by molar-refractivity contribution is 5.76. The maximum absolute atomic E-state index is 13.0. The zero-order chi connectivity index (χ0) is 17.2. The number of aromatic nitrogens is 2. The van der Waals surface area contributed by atoms with Crippen LogP contribution in [0, 0.1) is 5.82 Å². The van der Waals surface area contributed by atoms with Crippen molar-refractivity contribution in [2.75, 3.05) is 0 Å². The third-order valence-electron chi connectivity index (χ3n) is 4.24. The van der Waals surface area contributed by atoms with E-state index in [4.69, 9.17) is 4.42 Å². The molecule has 0 spiro atoms. The van der Waals surface area contributed by atoms with E-state index in [-0.39, 0.29) is 22.8 Å². The molecule has 0 amide bonds. The average Bonchev–Trinajstić information content (AvgIpc) is 3.07. The van der Waals surface area contributed by atoms with Crippen LogP contribution in [0.2, 0.25) is 0 Å². The van der Waals surface area contributed by atoms with Gasteiger partial charge in [-0.15, -0.1) is 0 Å². The normalized spacial score (nSPS) is 10.7. The van der Waals surface area contributed by atoms with Gasteiger partial charge in [0.15, 0.2) is 24.5 Å². The molecule has 132 valence electrons. The van der Waals surface area contributed by atoms with Crippen molar-refractivity contribution in [1.29, 1.82) is 0 Å². The maximum atomic E-state index is 13.0. The Hall–Kier alpha value is -2.53. The van der Waals surface area contributed by atoms with Gasteiger partial charge in [0.2, 0.25) is 5.89 Å². The number of halogens is 2. The molecule has 0 saturated carbocycles. The van der Waals surface area contributed by atoms with Gasteiger partial charge in [-0.1, -0.05) is 13.0 Å². The molecule has 3 nitrogen and oxygen atoms in total. The highest BCUT2D eigenvalue weighted by atomic mass is 79.9. The molecule has 0 radical (unpaired) electrons. The van der Waals surface area contributed by atoms with Crippen LogP contribution in [0.25, 0.3) is 22.6 Å². The predicted molar refractivity (Wildman–Crippen MR) is 94.5 cm³/mol. The Balaban J connectivity index is 0.00000196. The van der Waals surface area contributed by atoms with Crippen molar-refractivity contribution in [1.82, 2.24) is 4.98 Å². The Bertz CT molecular complexity index is 1030. The minimum atomic E-state index is -0.222. The lowest BCUT2D eigenvalue weighted by Crippen LogP contribution is -3.00. The first-order valence-electron chi connectivity index (χ1n) is 8.34. The number of pyridine rings is 1. The molecule has 0 atom stereocenters. The van der Waals surface area contributed by atoms with Crippen LogP contribution in [0.3, 0.4) is 0 Å². The van der Waals surface area contributed by atoms with Crippen molar-refractivity contribution >= 4 is 11.1 Å². The Morgan fingerprint density at radius 1 is 1.04 bits per heavy atom. The summed E-state index contributed by atoms with van der Waals surface area (Å²) in [5.74, 6) is 0.386. The van der Waals surface area contributed by atoms with Gasteiger partial charge in [0.05, 0.1) is 0 Å². The van der Waals surface area contributed by atoms with Crippen LogP contribution >= 0.6 is 0 Å². The van der Waals surface area contributed by atoms with E-state index < -0.39 is 0 Å². The second-order valence-electron chi connectivity index (χ2n) is 6.07. The molecule has 0 N–H and O–H groups in total. The standard InChI is InChI=1S/C21H18FN2O.BrH/c1-2-15-7-10-20-19(12-15)23-21(25-20)17-4-3-11-24(14-17)13-16-5-8-18(22)9-6-16;/h3-12,14H,2,13H2,1H3;1H/q+1;/p-1. The van der Waals surface area contributed by atoms with Crippen molar-refractivity contribution < 1.29 is 30.4 Å². The van der Waals surface area contributed by atoms with Crippen LogP contribution < -0.4 is 21.5 Å². The zero-order valence-electron chi connectivity index (χ0n) is 14.3. The van der Waals surface area contributed by atoms with Crippen molar-refractivity contribution in [2.45, 2.75) is 19.9 Å². The molecule has 0 fully saturated rings. The summed E-state index contributed by atoms with van der Waals surface area (Å²) in [7, 11) is 0. The van der Waals surface area contributed by atoms with Gasteiger partial charge in [-0.25, -0.2) is 9.37 Å². The minimum Gasteiger partial charge on any atom is -1.00 e. The van der Waals surface area contributed by atoms with Crippen LogP contribution in [0.15, 0.2) is 71.4 Å². The van der Waals surface area contributed by atoms with E-state index >= 15 is 0 Å². The SMILES string of the molecule is CCc1ccc2oc(-c3ccc[n+](Cc4ccc(F)cc4)c3)nc2c1.[Br-]. The third kappa shape index (κ3) is 3.83. The summed E-state index contributed by atoms with van der Waals surface area (Å²) in [6.45, 7) is 2.78. The van der Waals surface area contributed by atoms with Crippen LogP contribution in [0.5, 0.6) is 0 Å². The summed E-state index contributed by atoms with van der Waals surface area (Å²) in [6.07, 6.45) is 4.95. The van der Waals surface area contributed by atoms with Crippen molar-refractivity contribution in [2.24, 2.45) is 0 Å². The van der Waals surface area contributed by atoms with Gasteiger partial charge in [-0.05, 0) is 54.4 Å². The smallest absolute Gasteiger partial charge is 0.233 e. The van der Waals surface area contributed by atoms with E-state index in [0.29, 0.717) is 12.4 Å². The van der Waals surface area contributed by atoms with Gasteiger partial charge in [0.1, 0.15) is 16.9 Å². The third-order valence-corrected chi connectivity index (χ3v) is 4.24. The number of benzene rings is 2. The number of rotatable bonds is 4. The monoisotopic (exact) mass is 412 g/mol. The van der Waals surface area contributed by atoms with Gasteiger partial charge in [0, 0.05) is 11.6 Å². The fraction of sp³-hybridized carbons (Fsp3) is 0.143. The number of oxazole rings is 1. The second kappa shape index (κ2) is 7.79. The molecule has 0 bridgehead atoms. The summed E-state index contributed by atoms with van der Waals surface area (Å²) < 4.78 is 21.0. The molecule has 2 heterocycles. The van der Waals surface area contributed by atoms with Gasteiger partial charge >= 0.3 is 0 Å². The Morgan fingerprint density at radius 2 is 1.81 bits per heavy atom. The summed E-state index contributed by atoms with van der Waals surface area (Å²) in [5, 5.41) is 0. The second-order valence-corrected chi connectivity index (χ2v) is 6.07. The van der Waals surface area contributed by atoms with Gasteiger partial charge in [0.25, 0.3) is 0 Å². The van der Waals surface area contributed by atoms with Crippen LogP contribution in [-0.4, -0.2) is 4.98 Å². The quantitative estimate of drug-likeness (QED) is 0.476. The number of hydrogen-bond acceptors (Lipinski definition) is 2. The summed E-state index contributed by atoms with van der Waals surface area (Å²) in [4.78, 5) is 4.62. The van der Waals surface area contributed by atoms with Crippen LogP contribution in [-0.2, 0) is 13.0 Å². The molecule has 2 aromatic carbocycles. The number of fused-ring (bicyclic) bond motifs is 1. The fourth-order valence-corrected chi connectivity index (χ4v) is 2.86. The van der Waals surface area contributed by atoms with E-state index in [2.05, 4.69) is 24.0 Å². The molecule has 4 rings (SSSR count). The molecule has 0 aliphatic rings. The molecule has 26 heavy (non-hydrogen) atoms. The zero-order valence-corrected chi connectivity index (χ0v) is 15.9. The Morgan fingerprint density at radius 3 is 2.58 bits per heavy atom. The minimum absolute atomic E-state index is 0. The fourth-order valence-electron chi connectivity index (χ4n) is 2.86.